The number of rotatable bonds is 6. The second kappa shape index (κ2) is 9.40. The van der Waals surface area contributed by atoms with Crippen LogP contribution in [0.25, 0.3) is 10.6 Å². The number of anilines is 1. The molecule has 35 heavy (non-hydrogen) atoms. The fourth-order valence-corrected chi connectivity index (χ4v) is 6.17. The van der Waals surface area contributed by atoms with E-state index in [4.69, 9.17) is 0 Å². The van der Waals surface area contributed by atoms with Crippen molar-refractivity contribution >= 4 is 38.3 Å². The second-order valence-corrected chi connectivity index (χ2v) is 10.8. The van der Waals surface area contributed by atoms with E-state index < -0.39 is 21.8 Å². The van der Waals surface area contributed by atoms with E-state index in [2.05, 4.69) is 15.5 Å². The maximum Gasteiger partial charge on any atom is 0.266 e. The van der Waals surface area contributed by atoms with Gasteiger partial charge in [0.25, 0.3) is 15.9 Å². The number of aromatic nitrogens is 2. The van der Waals surface area contributed by atoms with Gasteiger partial charge in [-0.15, -0.1) is 10.2 Å². The molecule has 1 fully saturated rings. The highest BCUT2D eigenvalue weighted by Crippen LogP contribution is 2.32. The summed E-state index contributed by atoms with van der Waals surface area (Å²) in [6.07, 6.45) is 0.115. The van der Waals surface area contributed by atoms with E-state index in [0.29, 0.717) is 10.1 Å². The van der Waals surface area contributed by atoms with E-state index in [1.54, 1.807) is 0 Å². The highest BCUT2D eigenvalue weighted by atomic mass is 32.2. The Bertz CT molecular complexity index is 1490. The average Bonchev–Trinajstić information content (AvgIpc) is 3.52. The third-order valence-electron chi connectivity index (χ3n) is 5.71. The van der Waals surface area contributed by atoms with Gasteiger partial charge in [0.2, 0.25) is 11.0 Å². The first kappa shape index (κ1) is 22.9. The Morgan fingerprint density at radius 2 is 1.66 bits per heavy atom. The highest BCUT2D eigenvalue weighted by Gasteiger charge is 2.39. The third-order valence-corrected chi connectivity index (χ3v) is 8.38. The van der Waals surface area contributed by atoms with Gasteiger partial charge in [0.05, 0.1) is 4.90 Å². The van der Waals surface area contributed by atoms with E-state index in [0.717, 1.165) is 15.4 Å². The Morgan fingerprint density at radius 1 is 0.943 bits per heavy atom. The van der Waals surface area contributed by atoms with Gasteiger partial charge < -0.3 is 0 Å². The molecule has 3 aromatic carbocycles. The van der Waals surface area contributed by atoms with Gasteiger partial charge in [0.1, 0.15) is 5.01 Å². The molecule has 0 radical (unpaired) electrons. The topological polar surface area (TPSA) is 109 Å². The molecule has 4 aromatic rings. The predicted octanol–water partition coefficient (Wildman–Crippen LogP) is 4.16. The van der Waals surface area contributed by atoms with Crippen molar-refractivity contribution in [2.45, 2.75) is 17.2 Å². The Labute approximate surface area is 206 Å². The van der Waals surface area contributed by atoms with Crippen LogP contribution in [0.5, 0.6) is 0 Å². The highest BCUT2D eigenvalue weighted by molar-refractivity contribution is 7.89. The zero-order valence-corrected chi connectivity index (χ0v) is 20.0. The van der Waals surface area contributed by atoms with Gasteiger partial charge >= 0.3 is 0 Å². The predicted molar refractivity (Wildman–Crippen MR) is 132 cm³/mol. The van der Waals surface area contributed by atoms with Crippen molar-refractivity contribution in [3.8, 4) is 10.6 Å². The molecule has 0 spiro atoms. The van der Waals surface area contributed by atoms with Crippen molar-refractivity contribution < 1.29 is 18.0 Å². The lowest BCUT2D eigenvalue weighted by molar-refractivity contribution is -0.123. The summed E-state index contributed by atoms with van der Waals surface area (Å²) in [6.45, 7) is 0.0641. The van der Waals surface area contributed by atoms with Crippen LogP contribution in [0.1, 0.15) is 28.3 Å². The summed E-state index contributed by atoms with van der Waals surface area (Å²) in [6, 6.07) is 24.4. The fourth-order valence-electron chi connectivity index (χ4n) is 3.93. The van der Waals surface area contributed by atoms with E-state index >= 15 is 0 Å². The molecule has 1 N–H and O–H groups in total. The van der Waals surface area contributed by atoms with Gasteiger partial charge in [-0.1, -0.05) is 78.1 Å². The van der Waals surface area contributed by atoms with Crippen LogP contribution in [0.4, 0.5) is 5.13 Å². The molecule has 10 heteroatoms. The second-order valence-electron chi connectivity index (χ2n) is 8.00. The Hall–Kier alpha value is -3.89. The SMILES string of the molecule is O=C(Nc1nnc(-c2ccccc2)s1)c1cccc(S(=O)(=O)N2C[C@@H](c3ccccc3)CC2=O)c1. The van der Waals surface area contributed by atoms with Crippen LogP contribution in [0, 0.1) is 0 Å². The first-order valence-electron chi connectivity index (χ1n) is 10.8. The molecule has 1 aliphatic heterocycles. The third kappa shape index (κ3) is 4.71. The first-order chi connectivity index (χ1) is 16.9. The van der Waals surface area contributed by atoms with Crippen LogP contribution in [0.15, 0.2) is 89.8 Å². The van der Waals surface area contributed by atoms with Crippen LogP contribution >= 0.6 is 11.3 Å². The van der Waals surface area contributed by atoms with Gasteiger partial charge in [-0.25, -0.2) is 12.7 Å². The smallest absolute Gasteiger partial charge is 0.266 e. The van der Waals surface area contributed by atoms with Crippen molar-refractivity contribution in [1.29, 1.82) is 0 Å². The van der Waals surface area contributed by atoms with Crippen LogP contribution in [-0.2, 0) is 14.8 Å². The molecular weight excluding hydrogens is 484 g/mol. The van der Waals surface area contributed by atoms with Gasteiger partial charge in [-0.05, 0) is 23.8 Å². The molecule has 2 heterocycles. The lowest BCUT2D eigenvalue weighted by atomic mass is 9.99. The monoisotopic (exact) mass is 504 g/mol. The van der Waals surface area contributed by atoms with E-state index in [9.17, 15) is 18.0 Å². The summed E-state index contributed by atoms with van der Waals surface area (Å²) < 4.78 is 27.4. The Kier molecular flexibility index (Phi) is 6.14. The molecule has 5 rings (SSSR count). The van der Waals surface area contributed by atoms with Crippen LogP contribution in [0.3, 0.4) is 0 Å². The molecular formula is C25H20N4O4S2. The zero-order chi connectivity index (χ0) is 24.4. The van der Waals surface area contributed by atoms with Gasteiger partial charge in [-0.2, -0.15) is 0 Å². The van der Waals surface area contributed by atoms with Crippen molar-refractivity contribution in [3.05, 3.63) is 96.1 Å². The van der Waals surface area contributed by atoms with Gasteiger partial charge in [-0.3, -0.25) is 14.9 Å². The number of hydrogen-bond donors (Lipinski definition) is 1. The van der Waals surface area contributed by atoms with E-state index in [1.165, 1.54) is 35.6 Å². The quantitative estimate of drug-likeness (QED) is 0.422. The molecule has 0 aliphatic carbocycles. The van der Waals surface area contributed by atoms with E-state index in [-0.39, 0.29) is 29.3 Å². The molecule has 0 bridgehead atoms. The number of hydrogen-bond acceptors (Lipinski definition) is 7. The number of nitrogens with zero attached hydrogens (tertiary/aromatic N) is 3. The van der Waals surface area contributed by atoms with Crippen molar-refractivity contribution in [2.75, 3.05) is 11.9 Å². The van der Waals surface area contributed by atoms with Crippen molar-refractivity contribution in [3.63, 3.8) is 0 Å². The summed E-state index contributed by atoms with van der Waals surface area (Å²) in [4.78, 5) is 25.3. The largest absolute Gasteiger partial charge is 0.296 e. The van der Waals surface area contributed by atoms with Gasteiger partial charge in [0.15, 0.2) is 0 Å². The normalized spacial score (nSPS) is 15.8. The Morgan fingerprint density at radius 3 is 2.40 bits per heavy atom. The molecule has 1 aromatic heterocycles. The zero-order valence-electron chi connectivity index (χ0n) is 18.4. The molecule has 0 unspecified atom stereocenters. The lowest BCUT2D eigenvalue weighted by Crippen LogP contribution is -2.32. The lowest BCUT2D eigenvalue weighted by Gasteiger charge is -2.17. The number of carbonyl (C=O) groups is 2. The summed E-state index contributed by atoms with van der Waals surface area (Å²) in [5, 5.41) is 11.7. The van der Waals surface area contributed by atoms with Crippen molar-refractivity contribution in [2.24, 2.45) is 0 Å². The molecule has 0 saturated carbocycles. The summed E-state index contributed by atoms with van der Waals surface area (Å²) >= 11 is 1.21. The molecule has 8 nitrogen and oxygen atoms in total. The maximum atomic E-state index is 13.3. The van der Waals surface area contributed by atoms with Crippen molar-refractivity contribution in [1.82, 2.24) is 14.5 Å². The standard InChI is InChI=1S/C25H20N4O4S2/c30-22-15-20(17-8-3-1-4-9-17)16-29(22)35(32,33)21-13-7-12-19(14-21)23(31)26-25-28-27-24(34-25)18-10-5-2-6-11-18/h1-14,20H,15-16H2,(H,26,28,31)/t20-/m0/s1. The number of carbonyl (C=O) groups excluding carboxylic acids is 2. The number of amides is 2. The summed E-state index contributed by atoms with van der Waals surface area (Å²) in [5.41, 5.74) is 1.93. The first-order valence-corrected chi connectivity index (χ1v) is 13.1. The van der Waals surface area contributed by atoms with Gasteiger partial charge in [0, 0.05) is 30.0 Å². The van der Waals surface area contributed by atoms with Crippen LogP contribution in [0.2, 0.25) is 0 Å². The van der Waals surface area contributed by atoms with Crippen LogP contribution in [-0.4, -0.2) is 41.3 Å². The molecule has 1 atom stereocenters. The summed E-state index contributed by atoms with van der Waals surface area (Å²) in [5.74, 6) is -1.19. The fraction of sp³-hybridized carbons (Fsp3) is 0.120. The molecule has 176 valence electrons. The number of sulfonamides is 1. The minimum Gasteiger partial charge on any atom is -0.296 e. The minimum atomic E-state index is -4.11. The maximum absolute atomic E-state index is 13.3. The number of benzene rings is 3. The van der Waals surface area contributed by atoms with Crippen LogP contribution < -0.4 is 5.32 Å². The molecule has 1 saturated heterocycles. The number of nitrogens with one attached hydrogen (secondary N) is 1. The molecule has 1 aliphatic rings. The molecule has 2 amide bonds. The van der Waals surface area contributed by atoms with E-state index in [1.807, 2.05) is 60.7 Å². The Balaban J connectivity index is 1.33. The minimum absolute atomic E-state index is 0.0641. The summed E-state index contributed by atoms with van der Waals surface area (Å²) in [7, 11) is -4.11. The average molecular weight is 505 g/mol.